The number of para-hydroxylation sites is 2. The van der Waals surface area contributed by atoms with Crippen LogP contribution in [0.2, 0.25) is 0 Å². The molecule has 0 bridgehead atoms. The zero-order chi connectivity index (χ0) is 13.8. The summed E-state index contributed by atoms with van der Waals surface area (Å²) >= 11 is -0.609. The van der Waals surface area contributed by atoms with Crippen LogP contribution in [0.3, 0.4) is 0 Å². The number of aromatic nitrogens is 1. The van der Waals surface area contributed by atoms with Crippen molar-refractivity contribution in [3.05, 3.63) is 66.4 Å². The monoisotopic (exact) mass is 278 g/mol. The first-order valence-electron chi connectivity index (χ1n) is 6.39. The molecule has 3 rings (SSSR count). The van der Waals surface area contributed by atoms with Gasteiger partial charge < -0.3 is 7.58 Å². The lowest BCUT2D eigenvalue weighted by molar-refractivity contribution is 0.461. The highest BCUT2D eigenvalue weighted by Gasteiger charge is 2.00. The fourth-order valence-electron chi connectivity index (χ4n) is 1.94. The highest BCUT2D eigenvalue weighted by Crippen LogP contribution is 2.23. The van der Waals surface area contributed by atoms with Gasteiger partial charge in [-0.2, -0.15) is 0 Å². The van der Waals surface area contributed by atoms with Gasteiger partial charge >= 0.3 is 15.9 Å². The van der Waals surface area contributed by atoms with Crippen LogP contribution in [0, 0.1) is 6.92 Å². The molecule has 0 aliphatic rings. The number of hydrogen-bond acceptors (Lipinski definition) is 3. The number of hydrogen-bond donors (Lipinski definition) is 0. The van der Waals surface area contributed by atoms with Crippen molar-refractivity contribution in [2.24, 2.45) is 0 Å². The van der Waals surface area contributed by atoms with Gasteiger partial charge in [-0.25, -0.2) is 4.98 Å². The summed E-state index contributed by atoms with van der Waals surface area (Å²) in [5, 5.41) is 1.08. The Balaban J connectivity index is 1.76. The minimum atomic E-state index is -0.609. The number of rotatable bonds is 4. The molecule has 1 aromatic heterocycles. The molecule has 4 heteroatoms. The van der Waals surface area contributed by atoms with E-state index in [9.17, 15) is 0 Å². The summed E-state index contributed by atoms with van der Waals surface area (Å²) in [5.41, 5.74) is 1.86. The predicted molar refractivity (Wildman–Crippen MR) is 79.9 cm³/mol. The van der Waals surface area contributed by atoms with Crippen molar-refractivity contribution < 1.29 is 7.58 Å². The van der Waals surface area contributed by atoms with Crippen LogP contribution in [0.5, 0.6) is 11.5 Å². The minimum Gasteiger partial charge on any atom is -0.807 e. The standard InChI is InChI=1S/C10H9NO.C6H6O.Al/c1-7-5-6-8-3-2-4-9(12)10(8)11-7;7-6-4-2-1-3-5-6;/h2-6,12H,1H3;1-5,7H;/q;;+1/p-2. The van der Waals surface area contributed by atoms with Gasteiger partial charge in [0.2, 0.25) is 0 Å². The Hall–Kier alpha value is -2.02. The largest absolute Gasteiger partial charge is 0.807 e. The molecule has 0 fully saturated rings. The van der Waals surface area contributed by atoms with E-state index in [4.69, 9.17) is 7.58 Å². The first kappa shape index (κ1) is 13.0. The third kappa shape index (κ3) is 2.93. The molecule has 0 saturated carbocycles. The highest BCUT2D eigenvalue weighted by molar-refractivity contribution is 6.21. The smallest absolute Gasteiger partial charge is 0.345 e. The van der Waals surface area contributed by atoms with E-state index in [0.29, 0.717) is 0 Å². The normalized spacial score (nSPS) is 10.4. The third-order valence-corrected chi connectivity index (χ3v) is 3.64. The number of fused-ring (bicyclic) bond motifs is 1. The lowest BCUT2D eigenvalue weighted by Gasteiger charge is -2.24. The van der Waals surface area contributed by atoms with Gasteiger partial charge in [0.05, 0.1) is 5.75 Å². The molecule has 98 valence electrons. The van der Waals surface area contributed by atoms with E-state index >= 15 is 0 Å². The SMILES string of the molecule is Cc1ccc2cccc([O][Al-][O]c3ccccc3)c2n1. The van der Waals surface area contributed by atoms with Crippen LogP contribution in [0.1, 0.15) is 5.69 Å². The van der Waals surface area contributed by atoms with Gasteiger partial charge in [-0.05, 0) is 31.2 Å². The molecule has 0 atom stereocenters. The zero-order valence-electron chi connectivity index (χ0n) is 11.1. The Kier molecular flexibility index (Phi) is 3.87. The summed E-state index contributed by atoms with van der Waals surface area (Å²) in [6, 6.07) is 19.7. The van der Waals surface area contributed by atoms with Gasteiger partial charge in [0.15, 0.2) is 0 Å². The van der Waals surface area contributed by atoms with Crippen molar-refractivity contribution in [1.82, 2.24) is 4.98 Å². The van der Waals surface area contributed by atoms with E-state index in [1.807, 2.05) is 61.5 Å². The van der Waals surface area contributed by atoms with Gasteiger partial charge in [-0.3, -0.25) is 0 Å². The van der Waals surface area contributed by atoms with E-state index in [2.05, 4.69) is 11.1 Å². The molecule has 0 saturated heterocycles. The molecule has 3 aromatic rings. The first-order chi connectivity index (χ1) is 9.83. The van der Waals surface area contributed by atoms with Gasteiger partial charge in [0, 0.05) is 16.8 Å². The molecule has 0 unspecified atom stereocenters. The van der Waals surface area contributed by atoms with E-state index in [0.717, 1.165) is 28.1 Å². The molecule has 20 heavy (non-hydrogen) atoms. The molecule has 0 aliphatic heterocycles. The van der Waals surface area contributed by atoms with Crippen molar-refractivity contribution >= 4 is 26.8 Å². The van der Waals surface area contributed by atoms with Crippen molar-refractivity contribution in [3.8, 4) is 11.5 Å². The Morgan fingerprint density at radius 1 is 0.850 bits per heavy atom. The lowest BCUT2D eigenvalue weighted by Crippen LogP contribution is -2.11. The number of nitrogens with zero attached hydrogens (tertiary/aromatic N) is 1. The maximum atomic E-state index is 5.78. The van der Waals surface area contributed by atoms with Crippen molar-refractivity contribution in [2.45, 2.75) is 6.92 Å². The van der Waals surface area contributed by atoms with E-state index < -0.39 is 15.9 Å². The summed E-state index contributed by atoms with van der Waals surface area (Å²) < 4.78 is 11.4. The van der Waals surface area contributed by atoms with Gasteiger partial charge in [0.25, 0.3) is 0 Å². The summed E-state index contributed by atoms with van der Waals surface area (Å²) in [6.07, 6.45) is 0. The topological polar surface area (TPSA) is 31.4 Å². The molecule has 2 radical (unpaired) electrons. The second kappa shape index (κ2) is 5.96. The van der Waals surface area contributed by atoms with Crippen molar-refractivity contribution in [3.63, 3.8) is 0 Å². The predicted octanol–water partition coefficient (Wildman–Crippen LogP) is 3.54. The molecular weight excluding hydrogens is 265 g/mol. The van der Waals surface area contributed by atoms with Crippen LogP contribution in [0.15, 0.2) is 60.7 Å². The molecular formula is C16H13AlNO2-. The summed E-state index contributed by atoms with van der Waals surface area (Å²) in [7, 11) is 0. The highest BCUT2D eigenvalue weighted by atomic mass is 27.2. The third-order valence-electron chi connectivity index (χ3n) is 2.92. The second-order valence-corrected chi connectivity index (χ2v) is 5.09. The lowest BCUT2D eigenvalue weighted by atomic mass is 10.2. The quantitative estimate of drug-likeness (QED) is 0.684. The molecule has 0 spiro atoms. The number of aryl methyl sites for hydroxylation is 1. The Morgan fingerprint density at radius 3 is 2.55 bits per heavy atom. The Morgan fingerprint density at radius 2 is 1.70 bits per heavy atom. The summed E-state index contributed by atoms with van der Waals surface area (Å²) in [4.78, 5) is 4.53. The molecule has 3 nitrogen and oxygen atoms in total. The summed E-state index contributed by atoms with van der Waals surface area (Å²) in [5.74, 6) is 1.60. The van der Waals surface area contributed by atoms with Crippen LogP contribution in [0.4, 0.5) is 0 Å². The summed E-state index contributed by atoms with van der Waals surface area (Å²) in [6.45, 7) is 1.98. The molecule has 2 aromatic carbocycles. The average Bonchev–Trinajstić information content (AvgIpc) is 2.49. The van der Waals surface area contributed by atoms with Gasteiger partial charge in [-0.1, -0.05) is 36.4 Å². The van der Waals surface area contributed by atoms with Crippen LogP contribution in [0.25, 0.3) is 10.9 Å². The van der Waals surface area contributed by atoms with Crippen LogP contribution >= 0.6 is 0 Å². The Bertz CT molecular complexity index is 716. The van der Waals surface area contributed by atoms with Crippen LogP contribution in [-0.2, 0) is 0 Å². The molecule has 1 heterocycles. The van der Waals surface area contributed by atoms with Gasteiger partial charge in [-0.15, -0.1) is 0 Å². The van der Waals surface area contributed by atoms with Crippen LogP contribution < -0.4 is 7.58 Å². The Labute approximate surface area is 124 Å². The van der Waals surface area contributed by atoms with Crippen molar-refractivity contribution in [2.75, 3.05) is 0 Å². The minimum absolute atomic E-state index is 0.609. The maximum absolute atomic E-state index is 5.78. The van der Waals surface area contributed by atoms with E-state index in [-0.39, 0.29) is 0 Å². The zero-order valence-corrected chi connectivity index (χ0v) is 12.3. The van der Waals surface area contributed by atoms with E-state index in [1.165, 1.54) is 0 Å². The fraction of sp³-hybridized carbons (Fsp3) is 0.0625. The molecule has 0 aliphatic carbocycles. The van der Waals surface area contributed by atoms with E-state index in [1.54, 1.807) is 0 Å². The second-order valence-electron chi connectivity index (χ2n) is 4.43. The average molecular weight is 278 g/mol. The maximum Gasteiger partial charge on any atom is 0.345 e. The van der Waals surface area contributed by atoms with Crippen LogP contribution in [-0.4, -0.2) is 20.9 Å². The first-order valence-corrected chi connectivity index (χ1v) is 7.34. The number of pyridine rings is 1. The molecule has 0 amide bonds. The van der Waals surface area contributed by atoms with Gasteiger partial charge in [0.1, 0.15) is 5.52 Å². The molecule has 0 N–H and O–H groups in total. The fourth-order valence-corrected chi connectivity index (χ4v) is 2.55. The number of benzene rings is 2. The van der Waals surface area contributed by atoms with Crippen molar-refractivity contribution in [1.29, 1.82) is 0 Å².